The Kier molecular flexibility index (Phi) is 7.79. The Morgan fingerprint density at radius 1 is 1.18 bits per heavy atom. The molecule has 2 saturated carbocycles. The second kappa shape index (κ2) is 9.90. The van der Waals surface area contributed by atoms with Crippen LogP contribution in [0.25, 0.3) is 0 Å². The number of hydrogen-bond donors (Lipinski definition) is 0. The molecule has 1 aromatic rings. The average molecular weight is 409 g/mol. The lowest BCUT2D eigenvalue weighted by Crippen LogP contribution is -2.46. The molecule has 0 N–H and O–H groups in total. The van der Waals surface area contributed by atoms with Crippen molar-refractivity contribution >= 4 is 8.58 Å². The van der Waals surface area contributed by atoms with Gasteiger partial charge in [-0.05, 0) is 87.6 Å². The number of rotatable bonds is 8. The highest BCUT2D eigenvalue weighted by Crippen LogP contribution is 2.54. The summed E-state index contributed by atoms with van der Waals surface area (Å²) >= 11 is 0. The molecule has 0 aromatic heterocycles. The van der Waals surface area contributed by atoms with Crippen molar-refractivity contribution in [3.05, 3.63) is 29.8 Å². The van der Waals surface area contributed by atoms with Gasteiger partial charge in [0.05, 0.1) is 0 Å². The maximum atomic E-state index is 13.9. The van der Waals surface area contributed by atoms with Crippen molar-refractivity contribution in [2.24, 2.45) is 23.2 Å². The van der Waals surface area contributed by atoms with Gasteiger partial charge in [-0.2, -0.15) is 0 Å². The van der Waals surface area contributed by atoms with E-state index in [-0.39, 0.29) is 20.3 Å². The fourth-order valence-electron chi connectivity index (χ4n) is 5.59. The zero-order valence-corrected chi connectivity index (χ0v) is 19.0. The Bertz CT molecular complexity index is 603. The Labute approximate surface area is 172 Å². The van der Waals surface area contributed by atoms with Gasteiger partial charge in [0.25, 0.3) is 0 Å². The molecule has 2 aliphatic carbocycles. The van der Waals surface area contributed by atoms with Gasteiger partial charge in [-0.3, -0.25) is 0 Å². The highest BCUT2D eigenvalue weighted by molar-refractivity contribution is 7.37. The molecule has 158 valence electrons. The summed E-state index contributed by atoms with van der Waals surface area (Å²) in [6, 6.07) is 7.57. The van der Waals surface area contributed by atoms with E-state index in [1.165, 1.54) is 44.9 Å². The lowest BCUT2D eigenvalue weighted by molar-refractivity contribution is -0.179. The molecule has 0 amide bonds. The topological polar surface area (TPSA) is 18.5 Å². The molecule has 2 bridgehead atoms. The van der Waals surface area contributed by atoms with Gasteiger partial charge >= 0.3 is 0 Å². The molecule has 2 nitrogen and oxygen atoms in total. The second-order valence-electron chi connectivity index (χ2n) is 9.15. The van der Waals surface area contributed by atoms with E-state index in [1.54, 1.807) is 0 Å². The lowest BCUT2D eigenvalue weighted by atomic mass is 9.63. The van der Waals surface area contributed by atoms with Crippen LogP contribution in [0.4, 0.5) is 4.39 Å². The summed E-state index contributed by atoms with van der Waals surface area (Å²) in [5.41, 5.74) is 0.850. The first kappa shape index (κ1) is 22.0. The van der Waals surface area contributed by atoms with Gasteiger partial charge in [-0.15, -0.1) is 0 Å². The summed E-state index contributed by atoms with van der Waals surface area (Å²) in [4.78, 5) is 0. The summed E-state index contributed by atoms with van der Waals surface area (Å²) in [6.45, 7) is 9.35. The first-order valence-electron chi connectivity index (χ1n) is 11.2. The average Bonchev–Trinajstić information content (AvgIpc) is 2.82. The van der Waals surface area contributed by atoms with E-state index in [4.69, 9.17) is 9.47 Å². The van der Waals surface area contributed by atoms with Crippen LogP contribution in [0, 0.1) is 23.2 Å². The van der Waals surface area contributed by atoms with Gasteiger partial charge < -0.3 is 9.47 Å². The molecular formula is C24H38FO2P. The van der Waals surface area contributed by atoms with Crippen molar-refractivity contribution in [3.8, 4) is 5.75 Å². The second-order valence-corrected chi connectivity index (χ2v) is 10.2. The van der Waals surface area contributed by atoms with Crippen LogP contribution in [-0.2, 0) is 4.74 Å². The lowest BCUT2D eigenvalue weighted by Gasteiger charge is -2.47. The van der Waals surface area contributed by atoms with Crippen molar-refractivity contribution < 1.29 is 13.9 Å². The van der Waals surface area contributed by atoms with Crippen molar-refractivity contribution in [1.29, 1.82) is 0 Å². The third-order valence-electron chi connectivity index (χ3n) is 6.99. The largest absolute Gasteiger partial charge is 0.464 e. The fourth-order valence-corrected chi connectivity index (χ4v) is 6.12. The predicted octanol–water partition coefficient (Wildman–Crippen LogP) is 7.34. The van der Waals surface area contributed by atoms with Crippen LogP contribution < -0.4 is 4.74 Å². The van der Waals surface area contributed by atoms with E-state index in [2.05, 4.69) is 20.8 Å². The molecule has 0 saturated heterocycles. The molecule has 28 heavy (non-hydrogen) atoms. The molecule has 0 spiro atoms. The fraction of sp³-hybridized carbons (Fsp3) is 0.750. The summed E-state index contributed by atoms with van der Waals surface area (Å²) in [7, 11) is 0.266. The summed E-state index contributed by atoms with van der Waals surface area (Å²) in [5, 5.41) is 0. The zero-order chi connectivity index (χ0) is 20.1. The minimum atomic E-state index is -0.872. The van der Waals surface area contributed by atoms with Crippen molar-refractivity contribution in [2.45, 2.75) is 77.9 Å². The van der Waals surface area contributed by atoms with Gasteiger partial charge in [-0.25, -0.2) is 4.39 Å². The minimum Gasteiger partial charge on any atom is -0.464 e. The molecule has 7 atom stereocenters. The summed E-state index contributed by atoms with van der Waals surface area (Å²) in [6.07, 6.45) is 8.63. The van der Waals surface area contributed by atoms with Gasteiger partial charge in [0.2, 0.25) is 6.29 Å². The first-order valence-corrected chi connectivity index (χ1v) is 12.8. The number of fused-ring (bicyclic) bond motifs is 2. The van der Waals surface area contributed by atoms with Crippen molar-refractivity contribution in [2.75, 3.05) is 13.3 Å². The Balaban J connectivity index is 1.82. The van der Waals surface area contributed by atoms with Crippen LogP contribution in [0.15, 0.2) is 24.3 Å². The van der Waals surface area contributed by atoms with E-state index in [0.717, 1.165) is 29.1 Å². The van der Waals surface area contributed by atoms with E-state index >= 15 is 0 Å². The number of benzene rings is 1. The molecule has 1 aromatic carbocycles. The number of alkyl halides is 1. The SMILES string of the molecule is CCOC(Oc1ccc(C(F)PC)cc1)C12CCC(C)CC(CC(CC)C1)C2. The Morgan fingerprint density at radius 3 is 2.57 bits per heavy atom. The number of halogens is 1. The standard InChI is InChI=1S/C24H38FO2P/c1-5-18-14-19-13-17(3)11-12-24(15-18,16-19)23(26-6-2)27-21-9-7-20(8-10-21)22(25)28-4/h7-10,17-19,22-23,28H,5-6,11-16H2,1-4H3. The Hall–Kier alpha value is -0.660. The van der Waals surface area contributed by atoms with Crippen molar-refractivity contribution in [3.63, 3.8) is 0 Å². The highest BCUT2D eigenvalue weighted by Gasteiger charge is 2.49. The van der Waals surface area contributed by atoms with Crippen LogP contribution in [0.2, 0.25) is 0 Å². The first-order chi connectivity index (χ1) is 13.5. The molecule has 0 heterocycles. The maximum Gasteiger partial charge on any atom is 0.205 e. The van der Waals surface area contributed by atoms with E-state index < -0.39 is 5.91 Å². The van der Waals surface area contributed by atoms with Crippen LogP contribution in [0.1, 0.15) is 77.2 Å². The van der Waals surface area contributed by atoms with Crippen LogP contribution >= 0.6 is 8.58 Å². The molecular weight excluding hydrogens is 370 g/mol. The van der Waals surface area contributed by atoms with Gasteiger partial charge in [0, 0.05) is 12.0 Å². The quantitative estimate of drug-likeness (QED) is 0.331. The van der Waals surface area contributed by atoms with E-state index in [9.17, 15) is 4.39 Å². The molecule has 3 rings (SSSR count). The minimum absolute atomic E-state index is 0.108. The monoisotopic (exact) mass is 408 g/mol. The summed E-state index contributed by atoms with van der Waals surface area (Å²) in [5.74, 6) is 2.29. The van der Waals surface area contributed by atoms with Gasteiger partial charge in [-0.1, -0.05) is 41.0 Å². The third kappa shape index (κ3) is 5.08. The van der Waals surface area contributed by atoms with Crippen LogP contribution in [-0.4, -0.2) is 19.6 Å². The third-order valence-corrected chi connectivity index (χ3v) is 7.83. The number of ether oxygens (including phenoxy) is 2. The Morgan fingerprint density at radius 2 is 1.93 bits per heavy atom. The zero-order valence-electron chi connectivity index (χ0n) is 18.0. The van der Waals surface area contributed by atoms with Crippen LogP contribution in [0.3, 0.4) is 0 Å². The van der Waals surface area contributed by atoms with Crippen LogP contribution in [0.5, 0.6) is 5.75 Å². The maximum absolute atomic E-state index is 13.9. The molecule has 2 aliphatic rings. The molecule has 2 fully saturated rings. The van der Waals surface area contributed by atoms with Gasteiger partial charge in [0.15, 0.2) is 0 Å². The molecule has 0 aliphatic heterocycles. The number of hydrogen-bond acceptors (Lipinski definition) is 2. The van der Waals surface area contributed by atoms with E-state index in [0.29, 0.717) is 6.61 Å². The van der Waals surface area contributed by atoms with Gasteiger partial charge in [0.1, 0.15) is 11.7 Å². The van der Waals surface area contributed by atoms with E-state index in [1.807, 2.05) is 30.9 Å². The van der Waals surface area contributed by atoms with Crippen molar-refractivity contribution in [1.82, 2.24) is 0 Å². The molecule has 7 unspecified atom stereocenters. The summed E-state index contributed by atoms with van der Waals surface area (Å²) < 4.78 is 26.7. The normalized spacial score (nSPS) is 32.8. The highest BCUT2D eigenvalue weighted by atomic mass is 31.1. The predicted molar refractivity (Wildman–Crippen MR) is 117 cm³/mol. The molecule has 0 radical (unpaired) electrons. The smallest absolute Gasteiger partial charge is 0.205 e. The molecule has 4 heteroatoms.